The number of benzene rings is 3. The summed E-state index contributed by atoms with van der Waals surface area (Å²) in [7, 11) is -2.22. The van der Waals surface area contributed by atoms with E-state index in [4.69, 9.17) is 0 Å². The molecule has 1 aromatic heterocycles. The molecule has 0 atom stereocenters. The highest BCUT2D eigenvalue weighted by Gasteiger charge is 2.31. The lowest BCUT2D eigenvalue weighted by molar-refractivity contribution is 0.102. The van der Waals surface area contributed by atoms with E-state index in [9.17, 15) is 17.6 Å². The summed E-state index contributed by atoms with van der Waals surface area (Å²) in [5, 5.41) is 3.75. The molecule has 0 radical (unpaired) electrons. The maximum atomic E-state index is 14.9. The topological polar surface area (TPSA) is 82.6 Å². The summed E-state index contributed by atoms with van der Waals surface area (Å²) >= 11 is 0. The first-order valence-electron chi connectivity index (χ1n) is 11.1. The van der Waals surface area contributed by atoms with Crippen molar-refractivity contribution in [1.29, 1.82) is 0 Å². The van der Waals surface area contributed by atoms with Crippen LogP contribution in [0, 0.1) is 5.82 Å². The smallest absolute Gasteiger partial charge is 0.303 e. The second kappa shape index (κ2) is 9.09. The summed E-state index contributed by atoms with van der Waals surface area (Å²) in [4.78, 5) is 17.5. The Bertz CT molecular complexity index is 1540. The van der Waals surface area contributed by atoms with Gasteiger partial charge in [-0.25, -0.2) is 9.37 Å². The Morgan fingerprint density at radius 3 is 2.63 bits per heavy atom. The summed E-state index contributed by atoms with van der Waals surface area (Å²) in [6.45, 7) is 0.669. The molecule has 3 aromatic carbocycles. The van der Waals surface area contributed by atoms with Gasteiger partial charge in [-0.2, -0.15) is 12.7 Å². The van der Waals surface area contributed by atoms with Gasteiger partial charge in [0.15, 0.2) is 0 Å². The second-order valence-electron chi connectivity index (χ2n) is 8.34. The zero-order valence-electron chi connectivity index (χ0n) is 19.0. The molecular formula is C26H23FN4O3S. The number of rotatable bonds is 4. The van der Waals surface area contributed by atoms with Crippen molar-refractivity contribution in [1.82, 2.24) is 9.29 Å². The van der Waals surface area contributed by atoms with Crippen LogP contribution in [0.3, 0.4) is 0 Å². The molecule has 0 unspecified atom stereocenters. The Labute approximate surface area is 203 Å². The number of halogens is 1. The molecular weight excluding hydrogens is 467 g/mol. The number of nitrogens with one attached hydrogen (secondary N) is 1. The lowest BCUT2D eigenvalue weighted by Crippen LogP contribution is -2.48. The maximum absolute atomic E-state index is 14.9. The second-order valence-corrected chi connectivity index (χ2v) is 10.3. The molecule has 0 spiro atoms. The molecule has 1 N–H and O–H groups in total. The summed E-state index contributed by atoms with van der Waals surface area (Å²) in [5.41, 5.74) is 2.93. The van der Waals surface area contributed by atoms with E-state index in [1.807, 2.05) is 42.5 Å². The van der Waals surface area contributed by atoms with Crippen LogP contribution in [0.5, 0.6) is 0 Å². The van der Waals surface area contributed by atoms with Gasteiger partial charge in [0.2, 0.25) is 0 Å². The third-order valence-corrected chi connectivity index (χ3v) is 7.93. The number of nitrogens with zero attached hydrogens (tertiary/aromatic N) is 3. The van der Waals surface area contributed by atoms with E-state index in [1.165, 1.54) is 23.5 Å². The SMILES string of the molecule is CN1CCCN(c2ccc(C(=O)Nc3cccc(-c4ccc5ccccc5n4)c3)c(F)c2)S1(=O)=O. The first-order chi connectivity index (χ1) is 16.8. The normalized spacial score (nSPS) is 15.8. The van der Waals surface area contributed by atoms with Crippen LogP contribution in [0.15, 0.2) is 78.9 Å². The van der Waals surface area contributed by atoms with Crippen molar-refractivity contribution in [3.8, 4) is 11.3 Å². The van der Waals surface area contributed by atoms with E-state index in [0.717, 1.165) is 32.5 Å². The van der Waals surface area contributed by atoms with Gasteiger partial charge in [0.05, 0.1) is 22.5 Å². The van der Waals surface area contributed by atoms with Gasteiger partial charge in [0.25, 0.3) is 5.91 Å². The minimum Gasteiger partial charge on any atom is -0.322 e. The van der Waals surface area contributed by atoms with Crippen molar-refractivity contribution >= 4 is 38.4 Å². The molecule has 1 aliphatic heterocycles. The highest BCUT2D eigenvalue weighted by atomic mass is 32.2. The lowest BCUT2D eigenvalue weighted by atomic mass is 10.1. The van der Waals surface area contributed by atoms with Crippen molar-refractivity contribution in [2.45, 2.75) is 6.42 Å². The van der Waals surface area contributed by atoms with Crippen molar-refractivity contribution < 1.29 is 17.6 Å². The number of para-hydroxylation sites is 1. The summed E-state index contributed by atoms with van der Waals surface area (Å²) in [6, 6.07) is 22.7. The third kappa shape index (κ3) is 4.48. The van der Waals surface area contributed by atoms with Crippen LogP contribution in [0.1, 0.15) is 16.8 Å². The highest BCUT2D eigenvalue weighted by molar-refractivity contribution is 7.90. The Kier molecular flexibility index (Phi) is 5.96. The van der Waals surface area contributed by atoms with Crippen molar-refractivity contribution in [2.24, 2.45) is 0 Å². The summed E-state index contributed by atoms with van der Waals surface area (Å²) in [5.74, 6) is -1.42. The molecule has 2 heterocycles. The van der Waals surface area contributed by atoms with Crippen LogP contribution >= 0.6 is 0 Å². The standard InChI is InChI=1S/C26H23FN4O3S/c1-30-14-5-15-31(35(30,33)34)21-11-12-22(23(27)17-21)26(32)28-20-8-4-7-19(16-20)25-13-10-18-6-2-3-9-24(18)29-25/h2-4,6-13,16-17H,5,14-15H2,1H3,(H,28,32). The van der Waals surface area contributed by atoms with Crippen LogP contribution in [0.4, 0.5) is 15.8 Å². The molecule has 5 rings (SSSR count). The number of carbonyl (C=O) groups is 1. The first kappa shape index (κ1) is 22.9. The number of aromatic nitrogens is 1. The molecule has 1 saturated heterocycles. The van der Waals surface area contributed by atoms with E-state index >= 15 is 0 Å². The predicted octanol–water partition coefficient (Wildman–Crippen LogP) is 4.68. The molecule has 178 valence electrons. The third-order valence-electron chi connectivity index (χ3n) is 6.01. The minimum absolute atomic E-state index is 0.175. The van der Waals surface area contributed by atoms with E-state index in [0.29, 0.717) is 18.7 Å². The van der Waals surface area contributed by atoms with E-state index in [-0.39, 0.29) is 17.8 Å². The molecule has 9 heteroatoms. The van der Waals surface area contributed by atoms with Gasteiger partial charge in [-0.15, -0.1) is 0 Å². The number of amides is 1. The van der Waals surface area contributed by atoms with Crippen molar-refractivity contribution in [3.63, 3.8) is 0 Å². The molecule has 7 nitrogen and oxygen atoms in total. The average molecular weight is 491 g/mol. The van der Waals surface area contributed by atoms with Crippen LogP contribution in [0.25, 0.3) is 22.2 Å². The van der Waals surface area contributed by atoms with Crippen LogP contribution < -0.4 is 9.62 Å². The van der Waals surface area contributed by atoms with Crippen LogP contribution in [-0.4, -0.2) is 43.8 Å². The Hall–Kier alpha value is -3.82. The largest absolute Gasteiger partial charge is 0.322 e. The fraction of sp³-hybridized carbons (Fsp3) is 0.154. The Morgan fingerprint density at radius 1 is 0.971 bits per heavy atom. The summed E-state index contributed by atoms with van der Waals surface area (Å²) in [6.07, 6.45) is 0.627. The zero-order valence-corrected chi connectivity index (χ0v) is 19.8. The van der Waals surface area contributed by atoms with Gasteiger partial charge in [0.1, 0.15) is 5.82 Å². The maximum Gasteiger partial charge on any atom is 0.303 e. The fourth-order valence-electron chi connectivity index (χ4n) is 4.12. The molecule has 0 aliphatic carbocycles. The zero-order chi connectivity index (χ0) is 24.6. The van der Waals surface area contributed by atoms with E-state index < -0.39 is 21.9 Å². The Morgan fingerprint density at radius 2 is 1.80 bits per heavy atom. The molecule has 0 bridgehead atoms. The summed E-state index contributed by atoms with van der Waals surface area (Å²) < 4.78 is 42.4. The predicted molar refractivity (Wildman–Crippen MR) is 135 cm³/mol. The molecule has 1 aliphatic rings. The number of pyridine rings is 1. The van der Waals surface area contributed by atoms with Crippen molar-refractivity contribution in [3.05, 3.63) is 90.2 Å². The van der Waals surface area contributed by atoms with Gasteiger partial charge in [-0.05, 0) is 48.9 Å². The number of anilines is 2. The number of carbonyl (C=O) groups excluding carboxylic acids is 1. The number of hydrogen-bond donors (Lipinski definition) is 1. The van der Waals surface area contributed by atoms with Crippen LogP contribution in [-0.2, 0) is 10.2 Å². The minimum atomic E-state index is -3.71. The van der Waals surface area contributed by atoms with Crippen molar-refractivity contribution in [2.75, 3.05) is 29.8 Å². The highest BCUT2D eigenvalue weighted by Crippen LogP contribution is 2.27. The monoisotopic (exact) mass is 490 g/mol. The van der Waals surface area contributed by atoms with Gasteiger partial charge < -0.3 is 5.32 Å². The number of hydrogen-bond acceptors (Lipinski definition) is 4. The van der Waals surface area contributed by atoms with Gasteiger partial charge in [-0.3, -0.25) is 9.10 Å². The molecule has 4 aromatic rings. The Balaban J connectivity index is 1.37. The van der Waals surface area contributed by atoms with Gasteiger partial charge >= 0.3 is 10.2 Å². The van der Waals surface area contributed by atoms with Crippen LogP contribution in [0.2, 0.25) is 0 Å². The quantitative estimate of drug-likeness (QED) is 0.450. The molecule has 1 amide bonds. The first-order valence-corrected chi connectivity index (χ1v) is 12.5. The fourth-order valence-corrected chi connectivity index (χ4v) is 5.56. The average Bonchev–Trinajstić information content (AvgIpc) is 2.85. The molecule has 0 saturated carbocycles. The van der Waals surface area contributed by atoms with Gasteiger partial charge in [0, 0.05) is 36.8 Å². The lowest BCUT2D eigenvalue weighted by Gasteiger charge is -2.33. The molecule has 1 fully saturated rings. The number of fused-ring (bicyclic) bond motifs is 1. The van der Waals surface area contributed by atoms with Gasteiger partial charge in [-0.1, -0.05) is 36.4 Å². The van der Waals surface area contributed by atoms with E-state index in [2.05, 4.69) is 10.3 Å². The van der Waals surface area contributed by atoms with E-state index in [1.54, 1.807) is 18.2 Å². The molecule has 35 heavy (non-hydrogen) atoms.